The number of hydrogen-bond acceptors (Lipinski definition) is 2. The van der Waals surface area contributed by atoms with Crippen LogP contribution in [0.15, 0.2) is 29.2 Å². The standard InChI is InChI=1S/C9H11NO2S.C2H6/c1-10-7-6-8-4-2-3-5-9(8)13(10,11)12;1-2/h2-5H,6-7H2,1H3;1-2H3. The van der Waals surface area contributed by atoms with E-state index in [0.29, 0.717) is 11.4 Å². The molecule has 0 fully saturated rings. The van der Waals surface area contributed by atoms with Crippen molar-refractivity contribution in [1.82, 2.24) is 4.31 Å². The number of likely N-dealkylation sites (N-methyl/N-ethyl adjacent to an activating group) is 1. The summed E-state index contributed by atoms with van der Waals surface area (Å²) in [5.41, 5.74) is 0.931. The average Bonchev–Trinajstić information content (AvgIpc) is 2.27. The number of benzene rings is 1. The number of rotatable bonds is 0. The van der Waals surface area contributed by atoms with Crippen LogP contribution >= 0.6 is 0 Å². The van der Waals surface area contributed by atoms with Gasteiger partial charge in [0.1, 0.15) is 0 Å². The Morgan fingerprint density at radius 2 is 1.80 bits per heavy atom. The number of nitrogens with zero attached hydrogens (tertiary/aromatic N) is 1. The van der Waals surface area contributed by atoms with E-state index >= 15 is 0 Å². The molecule has 1 aliphatic rings. The van der Waals surface area contributed by atoms with Crippen LogP contribution in [0.3, 0.4) is 0 Å². The fourth-order valence-electron chi connectivity index (χ4n) is 1.53. The molecule has 84 valence electrons. The highest BCUT2D eigenvalue weighted by Crippen LogP contribution is 2.24. The van der Waals surface area contributed by atoms with Crippen LogP contribution in [-0.4, -0.2) is 26.3 Å². The van der Waals surface area contributed by atoms with Gasteiger partial charge in [-0.1, -0.05) is 32.0 Å². The van der Waals surface area contributed by atoms with Crippen molar-refractivity contribution in [3.05, 3.63) is 29.8 Å². The van der Waals surface area contributed by atoms with Gasteiger partial charge in [-0.25, -0.2) is 12.7 Å². The second-order valence-corrected chi connectivity index (χ2v) is 5.20. The smallest absolute Gasteiger partial charge is 0.207 e. The van der Waals surface area contributed by atoms with E-state index in [1.54, 1.807) is 19.2 Å². The van der Waals surface area contributed by atoms with Gasteiger partial charge in [-0.05, 0) is 18.1 Å². The van der Waals surface area contributed by atoms with Gasteiger partial charge in [0, 0.05) is 13.6 Å². The molecule has 2 rings (SSSR count). The second-order valence-electron chi connectivity index (χ2n) is 3.18. The Kier molecular flexibility index (Phi) is 3.88. The lowest BCUT2D eigenvalue weighted by molar-refractivity contribution is 0.457. The van der Waals surface area contributed by atoms with E-state index in [9.17, 15) is 8.42 Å². The molecule has 1 heterocycles. The second kappa shape index (κ2) is 4.77. The molecule has 1 aliphatic heterocycles. The predicted octanol–water partition coefficient (Wildman–Crippen LogP) is 1.89. The monoisotopic (exact) mass is 227 g/mol. The van der Waals surface area contributed by atoms with Gasteiger partial charge in [-0.15, -0.1) is 0 Å². The Morgan fingerprint density at radius 3 is 2.47 bits per heavy atom. The molecule has 0 atom stereocenters. The van der Waals surface area contributed by atoms with Crippen LogP contribution in [0.5, 0.6) is 0 Å². The van der Waals surface area contributed by atoms with Crippen LogP contribution in [0.1, 0.15) is 19.4 Å². The lowest BCUT2D eigenvalue weighted by atomic mass is 10.1. The number of fused-ring (bicyclic) bond motifs is 1. The Morgan fingerprint density at radius 1 is 1.20 bits per heavy atom. The fraction of sp³-hybridized carbons (Fsp3) is 0.455. The molecule has 4 heteroatoms. The van der Waals surface area contributed by atoms with Gasteiger partial charge in [0.15, 0.2) is 0 Å². The van der Waals surface area contributed by atoms with Crippen molar-refractivity contribution >= 4 is 10.0 Å². The van der Waals surface area contributed by atoms with E-state index in [1.165, 1.54) is 4.31 Å². The summed E-state index contributed by atoms with van der Waals surface area (Å²) >= 11 is 0. The van der Waals surface area contributed by atoms with Crippen molar-refractivity contribution in [2.24, 2.45) is 0 Å². The Hall–Kier alpha value is -0.870. The van der Waals surface area contributed by atoms with Gasteiger partial charge in [-0.3, -0.25) is 0 Å². The highest BCUT2D eigenvalue weighted by atomic mass is 32.2. The molecule has 0 aliphatic carbocycles. The van der Waals surface area contributed by atoms with Crippen LogP contribution in [0.4, 0.5) is 0 Å². The minimum absolute atomic E-state index is 0.462. The predicted molar refractivity (Wildman–Crippen MR) is 61.3 cm³/mol. The minimum atomic E-state index is -3.19. The quantitative estimate of drug-likeness (QED) is 0.678. The lowest BCUT2D eigenvalue weighted by Gasteiger charge is -2.24. The van der Waals surface area contributed by atoms with Crippen molar-refractivity contribution < 1.29 is 8.42 Å². The summed E-state index contributed by atoms with van der Waals surface area (Å²) in [6, 6.07) is 7.18. The zero-order valence-corrected chi connectivity index (χ0v) is 10.2. The summed E-state index contributed by atoms with van der Waals surface area (Å²) in [4.78, 5) is 0.462. The molecule has 0 amide bonds. The third kappa shape index (κ3) is 2.21. The van der Waals surface area contributed by atoms with Gasteiger partial charge in [0.25, 0.3) is 0 Å². The highest BCUT2D eigenvalue weighted by Gasteiger charge is 2.27. The molecular formula is C11H17NO2S. The van der Waals surface area contributed by atoms with Gasteiger partial charge in [0.2, 0.25) is 10.0 Å². The van der Waals surface area contributed by atoms with E-state index in [-0.39, 0.29) is 0 Å². The van der Waals surface area contributed by atoms with Crippen molar-refractivity contribution in [1.29, 1.82) is 0 Å². The SMILES string of the molecule is CC.CN1CCc2ccccc2S1(=O)=O. The molecule has 15 heavy (non-hydrogen) atoms. The van der Waals surface area contributed by atoms with Crippen molar-refractivity contribution in [2.45, 2.75) is 25.2 Å². The van der Waals surface area contributed by atoms with Gasteiger partial charge in [0.05, 0.1) is 4.90 Å². The highest BCUT2D eigenvalue weighted by molar-refractivity contribution is 7.89. The molecule has 0 N–H and O–H groups in total. The molecule has 0 unspecified atom stereocenters. The topological polar surface area (TPSA) is 37.4 Å². The number of hydrogen-bond donors (Lipinski definition) is 0. The molecule has 0 radical (unpaired) electrons. The normalized spacial score (nSPS) is 18.6. The maximum absolute atomic E-state index is 11.7. The summed E-state index contributed by atoms with van der Waals surface area (Å²) in [5, 5.41) is 0. The van der Waals surface area contributed by atoms with E-state index in [0.717, 1.165) is 12.0 Å². The van der Waals surface area contributed by atoms with Crippen LogP contribution in [0, 0.1) is 0 Å². The first kappa shape index (κ1) is 12.2. The number of sulfonamides is 1. The van der Waals surface area contributed by atoms with Crippen molar-refractivity contribution in [2.75, 3.05) is 13.6 Å². The molecule has 3 nitrogen and oxygen atoms in total. The zero-order chi connectivity index (χ0) is 11.5. The van der Waals surface area contributed by atoms with Gasteiger partial charge < -0.3 is 0 Å². The Balaban J connectivity index is 0.000000531. The average molecular weight is 227 g/mol. The third-order valence-electron chi connectivity index (χ3n) is 2.36. The summed E-state index contributed by atoms with van der Waals surface area (Å²) in [6.45, 7) is 4.58. The van der Waals surface area contributed by atoms with Crippen LogP contribution in [0.2, 0.25) is 0 Å². The molecule has 1 aromatic rings. The lowest BCUT2D eigenvalue weighted by Crippen LogP contribution is -2.33. The first-order valence-corrected chi connectivity index (χ1v) is 6.60. The summed E-state index contributed by atoms with van der Waals surface area (Å²) in [7, 11) is -1.57. The molecule has 0 saturated carbocycles. The zero-order valence-electron chi connectivity index (χ0n) is 9.40. The van der Waals surface area contributed by atoms with E-state index in [4.69, 9.17) is 0 Å². The summed E-state index contributed by atoms with van der Waals surface area (Å²) < 4.78 is 24.9. The van der Waals surface area contributed by atoms with E-state index < -0.39 is 10.0 Å². The van der Waals surface area contributed by atoms with Crippen LogP contribution in [0.25, 0.3) is 0 Å². The van der Waals surface area contributed by atoms with E-state index in [1.807, 2.05) is 26.0 Å². The molecule has 0 bridgehead atoms. The summed E-state index contributed by atoms with van der Waals surface area (Å²) in [5.74, 6) is 0. The first-order valence-electron chi connectivity index (χ1n) is 5.16. The molecule has 0 aromatic heterocycles. The summed E-state index contributed by atoms with van der Waals surface area (Å²) in [6.07, 6.45) is 0.811. The maximum Gasteiger partial charge on any atom is 0.243 e. The molecule has 1 aromatic carbocycles. The molecular weight excluding hydrogens is 210 g/mol. The van der Waals surface area contributed by atoms with Crippen LogP contribution in [-0.2, 0) is 16.4 Å². The Labute approximate surface area is 91.8 Å². The molecule has 0 saturated heterocycles. The Bertz CT molecular complexity index is 426. The van der Waals surface area contributed by atoms with E-state index in [2.05, 4.69) is 0 Å². The first-order chi connectivity index (χ1) is 7.12. The van der Waals surface area contributed by atoms with Crippen molar-refractivity contribution in [3.63, 3.8) is 0 Å². The van der Waals surface area contributed by atoms with Gasteiger partial charge >= 0.3 is 0 Å². The largest absolute Gasteiger partial charge is 0.243 e. The van der Waals surface area contributed by atoms with Gasteiger partial charge in [-0.2, -0.15) is 0 Å². The fourth-order valence-corrected chi connectivity index (χ4v) is 2.95. The maximum atomic E-state index is 11.7. The minimum Gasteiger partial charge on any atom is -0.207 e. The third-order valence-corrected chi connectivity index (χ3v) is 4.31. The van der Waals surface area contributed by atoms with Crippen molar-refractivity contribution in [3.8, 4) is 0 Å². The molecule has 0 spiro atoms. The van der Waals surface area contributed by atoms with Crippen LogP contribution < -0.4 is 0 Å².